The highest BCUT2D eigenvalue weighted by atomic mass is 35.5. The maximum atomic E-state index is 11.2. The average Bonchev–Trinajstić information content (AvgIpc) is 2.98. The average molecular weight is 400 g/mol. The minimum absolute atomic E-state index is 0.0590. The zero-order valence-electron chi connectivity index (χ0n) is 12.0. The van der Waals surface area contributed by atoms with Gasteiger partial charge in [0.1, 0.15) is 0 Å². The first kappa shape index (κ1) is 17.2. The molecule has 0 aliphatic carbocycles. The van der Waals surface area contributed by atoms with Crippen molar-refractivity contribution in [3.8, 4) is 11.3 Å². The molecule has 0 fully saturated rings. The zero-order valence-corrected chi connectivity index (χ0v) is 15.2. The Hall–Kier alpha value is -1.64. The summed E-state index contributed by atoms with van der Waals surface area (Å²) in [6.45, 7) is 0. The second kappa shape index (κ2) is 6.70. The van der Waals surface area contributed by atoms with Crippen LogP contribution in [0, 0.1) is 0 Å². The van der Waals surface area contributed by atoms with Gasteiger partial charge >= 0.3 is 0 Å². The van der Waals surface area contributed by atoms with Crippen LogP contribution in [-0.2, 0) is 10.0 Å². The fourth-order valence-corrected chi connectivity index (χ4v) is 3.52. The van der Waals surface area contributed by atoms with E-state index in [1.54, 1.807) is 24.3 Å². The molecule has 24 heavy (non-hydrogen) atoms. The number of hydrogen-bond acceptors (Lipinski definition) is 5. The van der Waals surface area contributed by atoms with Crippen molar-refractivity contribution >= 4 is 55.4 Å². The van der Waals surface area contributed by atoms with Crippen molar-refractivity contribution in [1.29, 1.82) is 0 Å². The molecule has 1 aromatic heterocycles. The topological polar surface area (TPSA) is 85.1 Å². The predicted octanol–water partition coefficient (Wildman–Crippen LogP) is 4.51. The number of halogens is 2. The van der Waals surface area contributed by atoms with Crippen molar-refractivity contribution in [1.82, 2.24) is 4.98 Å². The van der Waals surface area contributed by atoms with Crippen molar-refractivity contribution in [2.45, 2.75) is 4.90 Å². The smallest absolute Gasteiger partial charge is 0.238 e. The molecule has 9 heteroatoms. The molecule has 0 bridgehead atoms. The number of hydrogen-bond donors (Lipinski definition) is 2. The van der Waals surface area contributed by atoms with Crippen molar-refractivity contribution in [3.63, 3.8) is 0 Å². The van der Waals surface area contributed by atoms with Crippen LogP contribution >= 0.6 is 34.5 Å². The van der Waals surface area contributed by atoms with E-state index in [4.69, 9.17) is 28.3 Å². The molecule has 1 heterocycles. The standard InChI is InChI=1S/C15H11Cl2N3O2S2/c16-12-6-1-9(7-13(12)17)14-8-23-15(20-14)19-10-2-4-11(5-3-10)24(18,21)22/h1-8H,(H,19,20)(H2,18,21,22). The molecule has 0 aliphatic heterocycles. The first-order valence-electron chi connectivity index (χ1n) is 6.64. The molecule has 124 valence electrons. The molecule has 0 radical (unpaired) electrons. The second-order valence-corrected chi connectivity index (χ2v) is 8.10. The number of nitrogens with two attached hydrogens (primary N) is 1. The Bertz CT molecular complexity index is 986. The lowest BCUT2D eigenvalue weighted by atomic mass is 10.2. The maximum Gasteiger partial charge on any atom is 0.238 e. The number of benzene rings is 2. The summed E-state index contributed by atoms with van der Waals surface area (Å²) in [6, 6.07) is 11.4. The van der Waals surface area contributed by atoms with Crippen molar-refractivity contribution in [2.24, 2.45) is 5.14 Å². The molecule has 5 nitrogen and oxygen atoms in total. The summed E-state index contributed by atoms with van der Waals surface area (Å²) >= 11 is 13.4. The van der Waals surface area contributed by atoms with Crippen LogP contribution in [0.25, 0.3) is 11.3 Å². The third kappa shape index (κ3) is 3.88. The van der Waals surface area contributed by atoms with E-state index < -0.39 is 10.0 Å². The van der Waals surface area contributed by atoms with E-state index in [1.807, 2.05) is 11.4 Å². The van der Waals surface area contributed by atoms with Crippen LogP contribution in [-0.4, -0.2) is 13.4 Å². The van der Waals surface area contributed by atoms with E-state index in [0.717, 1.165) is 11.3 Å². The number of thiazole rings is 1. The molecule has 3 rings (SSSR count). The first-order chi connectivity index (χ1) is 11.3. The minimum atomic E-state index is -3.70. The molecule has 3 aromatic rings. The van der Waals surface area contributed by atoms with Crippen LogP contribution in [0.3, 0.4) is 0 Å². The monoisotopic (exact) mass is 399 g/mol. The van der Waals surface area contributed by atoms with Gasteiger partial charge in [0.25, 0.3) is 0 Å². The van der Waals surface area contributed by atoms with Crippen LogP contribution < -0.4 is 10.5 Å². The fourth-order valence-electron chi connectivity index (χ4n) is 1.97. The van der Waals surface area contributed by atoms with Gasteiger partial charge in [-0.1, -0.05) is 29.3 Å². The molecular weight excluding hydrogens is 389 g/mol. The quantitative estimate of drug-likeness (QED) is 0.675. The summed E-state index contributed by atoms with van der Waals surface area (Å²) in [5.41, 5.74) is 2.33. The number of sulfonamides is 1. The van der Waals surface area contributed by atoms with Crippen molar-refractivity contribution in [3.05, 3.63) is 57.9 Å². The van der Waals surface area contributed by atoms with Gasteiger partial charge < -0.3 is 5.32 Å². The van der Waals surface area contributed by atoms with E-state index in [-0.39, 0.29) is 4.90 Å². The molecule has 0 aliphatic rings. The summed E-state index contributed by atoms with van der Waals surface area (Å²) in [5, 5.41) is 11.7. The zero-order chi connectivity index (χ0) is 17.3. The third-order valence-electron chi connectivity index (χ3n) is 3.15. The highest BCUT2D eigenvalue weighted by molar-refractivity contribution is 7.89. The predicted molar refractivity (Wildman–Crippen MR) is 98.7 cm³/mol. The summed E-state index contributed by atoms with van der Waals surface area (Å²) < 4.78 is 22.5. The van der Waals surface area contributed by atoms with E-state index in [0.29, 0.717) is 20.9 Å². The number of rotatable bonds is 4. The Morgan fingerprint density at radius 2 is 1.75 bits per heavy atom. The van der Waals surface area contributed by atoms with Crippen LogP contribution in [0.4, 0.5) is 10.8 Å². The van der Waals surface area contributed by atoms with Gasteiger partial charge in [-0.05, 0) is 36.4 Å². The van der Waals surface area contributed by atoms with E-state index in [1.165, 1.54) is 23.5 Å². The van der Waals surface area contributed by atoms with Crippen LogP contribution in [0.2, 0.25) is 10.0 Å². The molecule has 0 unspecified atom stereocenters. The number of primary sulfonamides is 1. The normalized spacial score (nSPS) is 11.5. The molecule has 0 saturated carbocycles. The lowest BCUT2D eigenvalue weighted by Crippen LogP contribution is -2.11. The van der Waals surface area contributed by atoms with E-state index in [9.17, 15) is 8.42 Å². The van der Waals surface area contributed by atoms with Gasteiger partial charge in [0.15, 0.2) is 5.13 Å². The molecule has 0 atom stereocenters. The maximum absolute atomic E-state index is 11.2. The van der Waals surface area contributed by atoms with Crippen LogP contribution in [0.15, 0.2) is 52.7 Å². The molecule has 2 aromatic carbocycles. The SMILES string of the molecule is NS(=O)(=O)c1ccc(Nc2nc(-c3ccc(Cl)c(Cl)c3)cs2)cc1. The summed E-state index contributed by atoms with van der Waals surface area (Å²) in [7, 11) is -3.70. The lowest BCUT2D eigenvalue weighted by Gasteiger charge is -2.04. The van der Waals surface area contributed by atoms with Crippen LogP contribution in [0.5, 0.6) is 0 Å². The highest BCUT2D eigenvalue weighted by Crippen LogP contribution is 2.31. The second-order valence-electron chi connectivity index (χ2n) is 4.86. The Balaban J connectivity index is 1.80. The van der Waals surface area contributed by atoms with Gasteiger partial charge in [-0.15, -0.1) is 11.3 Å². The summed E-state index contributed by atoms with van der Waals surface area (Å²) in [4.78, 5) is 4.54. The molecular formula is C15H11Cl2N3O2S2. The molecule has 0 spiro atoms. The summed E-state index contributed by atoms with van der Waals surface area (Å²) in [5.74, 6) is 0. The van der Waals surface area contributed by atoms with Crippen molar-refractivity contribution in [2.75, 3.05) is 5.32 Å². The van der Waals surface area contributed by atoms with Gasteiger partial charge in [-0.25, -0.2) is 18.5 Å². The van der Waals surface area contributed by atoms with E-state index >= 15 is 0 Å². The number of aromatic nitrogens is 1. The Morgan fingerprint density at radius 1 is 1.04 bits per heavy atom. The highest BCUT2D eigenvalue weighted by Gasteiger charge is 2.09. The van der Waals surface area contributed by atoms with Gasteiger partial charge in [-0.2, -0.15) is 0 Å². The summed E-state index contributed by atoms with van der Waals surface area (Å²) in [6.07, 6.45) is 0. The third-order valence-corrected chi connectivity index (χ3v) is 5.58. The van der Waals surface area contributed by atoms with Gasteiger partial charge in [0, 0.05) is 16.6 Å². The number of anilines is 2. The Kier molecular flexibility index (Phi) is 4.80. The van der Waals surface area contributed by atoms with Crippen LogP contribution in [0.1, 0.15) is 0 Å². The number of nitrogens with zero attached hydrogens (tertiary/aromatic N) is 1. The van der Waals surface area contributed by atoms with Gasteiger partial charge in [-0.3, -0.25) is 0 Å². The lowest BCUT2D eigenvalue weighted by molar-refractivity contribution is 0.598. The molecule has 0 saturated heterocycles. The van der Waals surface area contributed by atoms with Gasteiger partial charge in [0.05, 0.1) is 20.6 Å². The Labute approximate surface area is 153 Å². The van der Waals surface area contributed by atoms with Gasteiger partial charge in [0.2, 0.25) is 10.0 Å². The largest absolute Gasteiger partial charge is 0.332 e. The fraction of sp³-hybridized carbons (Fsp3) is 0. The van der Waals surface area contributed by atoms with Crippen molar-refractivity contribution < 1.29 is 8.42 Å². The number of nitrogens with one attached hydrogen (secondary N) is 1. The first-order valence-corrected chi connectivity index (χ1v) is 9.82. The Morgan fingerprint density at radius 3 is 2.38 bits per heavy atom. The minimum Gasteiger partial charge on any atom is -0.332 e. The molecule has 0 amide bonds. The molecule has 3 N–H and O–H groups in total. The van der Waals surface area contributed by atoms with E-state index in [2.05, 4.69) is 10.3 Å².